The van der Waals surface area contributed by atoms with Crippen molar-refractivity contribution in [2.45, 2.75) is 25.4 Å². The summed E-state index contributed by atoms with van der Waals surface area (Å²) in [5, 5.41) is 0. The van der Waals surface area contributed by atoms with Gasteiger partial charge in [0.15, 0.2) is 0 Å². The third-order valence-corrected chi connectivity index (χ3v) is 4.30. The maximum atomic E-state index is 12.5. The van der Waals surface area contributed by atoms with Crippen LogP contribution in [0.2, 0.25) is 0 Å². The molecule has 2 aliphatic heterocycles. The third-order valence-electron chi connectivity index (χ3n) is 4.30. The summed E-state index contributed by atoms with van der Waals surface area (Å²) >= 11 is 0. The number of hydrogen-bond acceptors (Lipinski definition) is 5. The van der Waals surface area contributed by atoms with Crippen LogP contribution in [-0.2, 0) is 9.59 Å². The second-order valence-electron chi connectivity index (χ2n) is 5.96. The van der Waals surface area contributed by atoms with Gasteiger partial charge in [0.05, 0.1) is 12.8 Å². The number of para-hydroxylation sites is 2. The molecule has 2 atom stereocenters. The minimum atomic E-state index is -0.254. The molecule has 2 fully saturated rings. The van der Waals surface area contributed by atoms with Gasteiger partial charge in [0.1, 0.15) is 18.3 Å². The van der Waals surface area contributed by atoms with E-state index < -0.39 is 0 Å². The van der Waals surface area contributed by atoms with Gasteiger partial charge < -0.3 is 14.5 Å². The van der Waals surface area contributed by atoms with Gasteiger partial charge in [-0.25, -0.2) is 5.43 Å². The number of carbonyl (C=O) groups excluding carboxylic acids is 2. The van der Waals surface area contributed by atoms with Crippen LogP contribution in [0.1, 0.15) is 13.3 Å². The van der Waals surface area contributed by atoms with Crippen LogP contribution >= 0.6 is 0 Å². The number of hydrogen-bond donors (Lipinski definition) is 2. The van der Waals surface area contributed by atoms with Crippen LogP contribution in [0.5, 0.6) is 5.75 Å². The van der Waals surface area contributed by atoms with E-state index >= 15 is 0 Å². The number of carbonyl (C=O) groups is 2. The summed E-state index contributed by atoms with van der Waals surface area (Å²) < 4.78 is 5.32. The van der Waals surface area contributed by atoms with Crippen molar-refractivity contribution in [1.29, 1.82) is 0 Å². The normalized spacial score (nSPS) is 24.9. The molecular weight excluding hydrogens is 296 g/mol. The number of ether oxygens (including phenoxy) is 1. The van der Waals surface area contributed by atoms with Gasteiger partial charge in [-0.05, 0) is 25.5 Å². The first kappa shape index (κ1) is 15.8. The van der Waals surface area contributed by atoms with Crippen LogP contribution < -0.4 is 20.5 Å². The number of benzene rings is 1. The average molecular weight is 318 g/mol. The van der Waals surface area contributed by atoms with Gasteiger partial charge in [0.2, 0.25) is 11.8 Å². The monoisotopic (exact) mass is 318 g/mol. The SMILES string of the molecule is COc1ccccc1N1CCN(C(=O)C2CC(C)NN2)CC1=O. The molecule has 2 unspecified atom stereocenters. The van der Waals surface area contributed by atoms with Crippen molar-refractivity contribution in [3.05, 3.63) is 24.3 Å². The molecule has 7 heteroatoms. The maximum absolute atomic E-state index is 12.5. The fraction of sp³-hybridized carbons (Fsp3) is 0.500. The number of amides is 2. The lowest BCUT2D eigenvalue weighted by Gasteiger charge is -2.35. The Morgan fingerprint density at radius 1 is 1.26 bits per heavy atom. The Balaban J connectivity index is 1.68. The van der Waals surface area contributed by atoms with E-state index in [1.807, 2.05) is 31.2 Å². The van der Waals surface area contributed by atoms with Crippen molar-refractivity contribution >= 4 is 17.5 Å². The quantitative estimate of drug-likeness (QED) is 0.828. The third kappa shape index (κ3) is 3.16. The van der Waals surface area contributed by atoms with Gasteiger partial charge in [0, 0.05) is 19.1 Å². The standard InChI is InChI=1S/C16H22N4O3/c1-11-9-12(18-17-11)16(22)19-7-8-20(15(21)10-19)13-5-3-4-6-14(13)23-2/h3-6,11-12,17-18H,7-10H2,1-2H3. The van der Waals surface area contributed by atoms with E-state index in [0.717, 1.165) is 12.1 Å². The largest absolute Gasteiger partial charge is 0.495 e. The molecule has 2 heterocycles. The smallest absolute Gasteiger partial charge is 0.246 e. The molecule has 1 aromatic carbocycles. The number of rotatable bonds is 3. The zero-order valence-electron chi connectivity index (χ0n) is 13.4. The molecule has 2 amide bonds. The summed E-state index contributed by atoms with van der Waals surface area (Å²) in [5.41, 5.74) is 6.79. The minimum absolute atomic E-state index is 0.0186. The van der Waals surface area contributed by atoms with Gasteiger partial charge in [-0.3, -0.25) is 15.0 Å². The van der Waals surface area contributed by atoms with E-state index in [9.17, 15) is 9.59 Å². The molecule has 0 saturated carbocycles. The Kier molecular flexibility index (Phi) is 4.49. The lowest BCUT2D eigenvalue weighted by Crippen LogP contribution is -2.56. The zero-order valence-corrected chi connectivity index (χ0v) is 13.4. The molecule has 124 valence electrons. The van der Waals surface area contributed by atoms with Crippen molar-refractivity contribution in [3.63, 3.8) is 0 Å². The molecule has 7 nitrogen and oxygen atoms in total. The number of anilines is 1. The van der Waals surface area contributed by atoms with Crippen molar-refractivity contribution < 1.29 is 14.3 Å². The second-order valence-corrected chi connectivity index (χ2v) is 5.96. The lowest BCUT2D eigenvalue weighted by molar-refractivity contribution is -0.138. The Morgan fingerprint density at radius 2 is 2.04 bits per heavy atom. The highest BCUT2D eigenvalue weighted by atomic mass is 16.5. The lowest BCUT2D eigenvalue weighted by atomic mass is 10.1. The summed E-state index contributed by atoms with van der Waals surface area (Å²) in [4.78, 5) is 28.3. The van der Waals surface area contributed by atoms with Gasteiger partial charge in [-0.1, -0.05) is 12.1 Å². The second kappa shape index (κ2) is 6.55. The molecule has 2 N–H and O–H groups in total. The summed E-state index contributed by atoms with van der Waals surface area (Å²) in [7, 11) is 1.59. The van der Waals surface area contributed by atoms with Crippen molar-refractivity contribution in [2.75, 3.05) is 31.6 Å². The number of methoxy groups -OCH3 is 1. The Labute approximate surface area is 135 Å². The van der Waals surface area contributed by atoms with Crippen LogP contribution in [0.4, 0.5) is 5.69 Å². The van der Waals surface area contributed by atoms with Gasteiger partial charge in [-0.15, -0.1) is 0 Å². The molecule has 0 spiro atoms. The minimum Gasteiger partial charge on any atom is -0.495 e. The van der Waals surface area contributed by atoms with Crippen molar-refractivity contribution in [2.24, 2.45) is 0 Å². The summed E-state index contributed by atoms with van der Waals surface area (Å²) in [6, 6.07) is 7.43. The molecule has 0 aliphatic carbocycles. The number of nitrogens with one attached hydrogen (secondary N) is 2. The van der Waals surface area contributed by atoms with Gasteiger partial charge in [0.25, 0.3) is 0 Å². The molecule has 1 aromatic rings. The Hall–Kier alpha value is -2.12. The van der Waals surface area contributed by atoms with Gasteiger partial charge >= 0.3 is 0 Å². The fourth-order valence-electron chi connectivity index (χ4n) is 3.07. The highest BCUT2D eigenvalue weighted by Crippen LogP contribution is 2.29. The highest BCUT2D eigenvalue weighted by Gasteiger charge is 2.35. The molecule has 23 heavy (non-hydrogen) atoms. The zero-order chi connectivity index (χ0) is 16.4. The summed E-state index contributed by atoms with van der Waals surface area (Å²) in [5.74, 6) is 0.555. The van der Waals surface area contributed by atoms with Crippen LogP contribution in [-0.4, -0.2) is 55.5 Å². The van der Waals surface area contributed by atoms with E-state index in [1.165, 1.54) is 0 Å². The predicted molar refractivity (Wildman–Crippen MR) is 86.1 cm³/mol. The molecule has 3 rings (SSSR count). The summed E-state index contributed by atoms with van der Waals surface area (Å²) in [6.07, 6.45) is 0.736. The number of nitrogens with zero attached hydrogens (tertiary/aromatic N) is 2. The van der Waals surface area contributed by atoms with Gasteiger partial charge in [-0.2, -0.15) is 0 Å². The first-order valence-corrected chi connectivity index (χ1v) is 7.83. The van der Waals surface area contributed by atoms with Crippen LogP contribution in [0.3, 0.4) is 0 Å². The Morgan fingerprint density at radius 3 is 2.70 bits per heavy atom. The van der Waals surface area contributed by atoms with Crippen molar-refractivity contribution in [1.82, 2.24) is 15.8 Å². The molecule has 0 aromatic heterocycles. The molecular formula is C16H22N4O3. The van der Waals surface area contributed by atoms with Crippen LogP contribution in [0.25, 0.3) is 0 Å². The number of hydrazine groups is 1. The Bertz CT molecular complexity index is 607. The maximum Gasteiger partial charge on any atom is 0.246 e. The average Bonchev–Trinajstić information content (AvgIpc) is 3.00. The fourth-order valence-corrected chi connectivity index (χ4v) is 3.07. The predicted octanol–water partition coefficient (Wildman–Crippen LogP) is 0.125. The highest BCUT2D eigenvalue weighted by molar-refractivity contribution is 5.99. The topological polar surface area (TPSA) is 73.9 Å². The molecule has 2 saturated heterocycles. The van der Waals surface area contributed by atoms with Crippen molar-refractivity contribution in [3.8, 4) is 5.75 Å². The van der Waals surface area contributed by atoms with E-state index in [1.54, 1.807) is 16.9 Å². The number of piperazine rings is 1. The van der Waals surface area contributed by atoms with E-state index in [-0.39, 0.29) is 30.4 Å². The van der Waals surface area contributed by atoms with E-state index in [0.29, 0.717) is 18.8 Å². The molecule has 0 bridgehead atoms. The van der Waals surface area contributed by atoms with Crippen LogP contribution in [0.15, 0.2) is 24.3 Å². The first-order valence-electron chi connectivity index (χ1n) is 7.83. The molecule has 0 radical (unpaired) electrons. The van der Waals surface area contributed by atoms with Crippen LogP contribution in [0, 0.1) is 0 Å². The summed E-state index contributed by atoms with van der Waals surface area (Å²) in [6.45, 7) is 3.12. The first-order chi connectivity index (χ1) is 11.1. The van der Waals surface area contributed by atoms with E-state index in [2.05, 4.69) is 10.9 Å². The molecule has 2 aliphatic rings. The van der Waals surface area contributed by atoms with E-state index in [4.69, 9.17) is 4.74 Å².